The second-order valence-corrected chi connectivity index (χ2v) is 3.18. The summed E-state index contributed by atoms with van der Waals surface area (Å²) in [7, 11) is 0. The molecule has 0 atom stereocenters. The number of nitrogens with one attached hydrogen (secondary N) is 2. The van der Waals surface area contributed by atoms with Gasteiger partial charge in [0, 0.05) is 6.04 Å². The average Bonchev–Trinajstić information content (AvgIpc) is 2.70. The van der Waals surface area contributed by atoms with Gasteiger partial charge >= 0.3 is 6.03 Å². The van der Waals surface area contributed by atoms with Gasteiger partial charge in [-0.05, 0) is 25.1 Å². The highest BCUT2D eigenvalue weighted by molar-refractivity contribution is 7.80. The predicted molar refractivity (Wildman–Crippen MR) is 44.0 cm³/mol. The minimum absolute atomic E-state index is 0.188. The van der Waals surface area contributed by atoms with Gasteiger partial charge in [0.05, 0.1) is 6.67 Å². The van der Waals surface area contributed by atoms with E-state index in [-0.39, 0.29) is 6.03 Å². The van der Waals surface area contributed by atoms with Crippen molar-refractivity contribution in [3.05, 3.63) is 0 Å². The Bertz CT molecular complexity index is 214. The number of rotatable bonds is 1. The summed E-state index contributed by atoms with van der Waals surface area (Å²) in [5, 5.41) is 5.80. The molecule has 0 unspecified atom stereocenters. The monoisotopic (exact) mass is 171 g/mol. The third-order valence-corrected chi connectivity index (χ3v) is 2.22. The van der Waals surface area contributed by atoms with Gasteiger partial charge in [0.25, 0.3) is 0 Å². The van der Waals surface area contributed by atoms with E-state index < -0.39 is 0 Å². The van der Waals surface area contributed by atoms with E-state index >= 15 is 0 Å². The number of thiocarbonyl (C=S) groups is 1. The maximum Gasteiger partial charge on any atom is 0.322 e. The van der Waals surface area contributed by atoms with E-state index in [0.717, 1.165) is 0 Å². The summed E-state index contributed by atoms with van der Waals surface area (Å²) in [6.07, 6.45) is 2.38. The molecule has 0 aromatic carbocycles. The highest BCUT2D eigenvalue weighted by atomic mass is 32.1. The van der Waals surface area contributed by atoms with Crippen molar-refractivity contribution in [3.8, 4) is 0 Å². The molecule has 2 N–H and O–H groups in total. The lowest BCUT2D eigenvalue weighted by atomic mass is 10.5. The Kier molecular flexibility index (Phi) is 1.45. The van der Waals surface area contributed by atoms with Crippen LogP contribution in [0.2, 0.25) is 0 Å². The molecule has 1 aliphatic carbocycles. The summed E-state index contributed by atoms with van der Waals surface area (Å²) in [6, 6.07) is 0.377. The number of carbonyl (C=O) groups excluding carboxylic acids is 1. The summed E-state index contributed by atoms with van der Waals surface area (Å²) in [5.74, 6) is 0. The molecule has 0 aromatic heterocycles. The van der Waals surface area contributed by atoms with Gasteiger partial charge in [-0.1, -0.05) is 0 Å². The molecule has 0 radical (unpaired) electrons. The molecule has 2 aliphatic rings. The second kappa shape index (κ2) is 2.34. The summed E-state index contributed by atoms with van der Waals surface area (Å²) in [4.78, 5) is 12.7. The zero-order valence-corrected chi connectivity index (χ0v) is 6.78. The van der Waals surface area contributed by atoms with Crippen LogP contribution in [0.4, 0.5) is 4.79 Å². The van der Waals surface area contributed by atoms with E-state index in [1.54, 1.807) is 0 Å². The Morgan fingerprint density at radius 2 is 2.27 bits per heavy atom. The van der Waals surface area contributed by atoms with E-state index in [9.17, 15) is 4.79 Å². The Hall–Kier alpha value is -0.840. The van der Waals surface area contributed by atoms with Crippen molar-refractivity contribution in [3.63, 3.8) is 0 Å². The lowest BCUT2D eigenvalue weighted by Crippen LogP contribution is -2.57. The third-order valence-electron chi connectivity index (χ3n) is 1.88. The average molecular weight is 171 g/mol. The van der Waals surface area contributed by atoms with Gasteiger partial charge in [-0.3, -0.25) is 5.32 Å². The lowest BCUT2D eigenvalue weighted by Gasteiger charge is -2.29. The normalized spacial score (nSPS) is 24.5. The van der Waals surface area contributed by atoms with E-state index in [4.69, 9.17) is 12.2 Å². The molecular weight excluding hydrogens is 162 g/mol. The Labute approximate surface area is 69.9 Å². The van der Waals surface area contributed by atoms with Crippen molar-refractivity contribution < 1.29 is 4.79 Å². The van der Waals surface area contributed by atoms with Gasteiger partial charge in [-0.25, -0.2) is 4.79 Å². The SMILES string of the molecule is O=C1NCN(C2CC2)C(=S)N1. The molecule has 0 spiro atoms. The van der Waals surface area contributed by atoms with Crippen molar-refractivity contribution in [2.45, 2.75) is 18.9 Å². The Morgan fingerprint density at radius 3 is 2.82 bits per heavy atom. The zero-order chi connectivity index (χ0) is 7.84. The number of hydrogen-bond donors (Lipinski definition) is 2. The minimum atomic E-state index is -0.188. The zero-order valence-electron chi connectivity index (χ0n) is 5.96. The van der Waals surface area contributed by atoms with Gasteiger partial charge in [0.2, 0.25) is 0 Å². The molecule has 0 bridgehead atoms. The number of urea groups is 1. The van der Waals surface area contributed by atoms with Crippen LogP contribution in [-0.2, 0) is 0 Å². The largest absolute Gasteiger partial charge is 0.328 e. The van der Waals surface area contributed by atoms with Crippen LogP contribution in [0, 0.1) is 0 Å². The molecule has 2 amide bonds. The molecule has 1 saturated carbocycles. The third kappa shape index (κ3) is 1.28. The van der Waals surface area contributed by atoms with Crippen LogP contribution in [0.5, 0.6) is 0 Å². The summed E-state index contributed by atoms with van der Waals surface area (Å²) in [5.41, 5.74) is 0. The van der Waals surface area contributed by atoms with E-state index in [1.165, 1.54) is 12.8 Å². The van der Waals surface area contributed by atoms with Gasteiger partial charge < -0.3 is 10.2 Å². The molecule has 2 fully saturated rings. The quantitative estimate of drug-likeness (QED) is 0.546. The Morgan fingerprint density at radius 1 is 1.55 bits per heavy atom. The fraction of sp³-hybridized carbons (Fsp3) is 0.667. The van der Waals surface area contributed by atoms with Crippen molar-refractivity contribution in [2.24, 2.45) is 0 Å². The highest BCUT2D eigenvalue weighted by Crippen LogP contribution is 2.26. The fourth-order valence-corrected chi connectivity index (χ4v) is 1.43. The highest BCUT2D eigenvalue weighted by Gasteiger charge is 2.33. The number of nitrogens with zero attached hydrogens (tertiary/aromatic N) is 1. The first-order chi connectivity index (χ1) is 5.27. The van der Waals surface area contributed by atoms with Gasteiger partial charge in [-0.2, -0.15) is 0 Å². The predicted octanol–water partition coefficient (Wildman–Crippen LogP) is 0.00600. The lowest BCUT2D eigenvalue weighted by molar-refractivity contribution is 0.230. The summed E-state index contributed by atoms with van der Waals surface area (Å²) >= 11 is 4.97. The summed E-state index contributed by atoms with van der Waals surface area (Å²) < 4.78 is 0. The van der Waals surface area contributed by atoms with Crippen molar-refractivity contribution >= 4 is 23.4 Å². The minimum Gasteiger partial charge on any atom is -0.328 e. The molecular formula is C6H9N3OS. The molecule has 5 heteroatoms. The topological polar surface area (TPSA) is 44.4 Å². The number of amides is 2. The molecule has 1 heterocycles. The van der Waals surface area contributed by atoms with Crippen molar-refractivity contribution in [1.29, 1.82) is 0 Å². The van der Waals surface area contributed by atoms with Crippen LogP contribution >= 0.6 is 12.2 Å². The molecule has 2 rings (SSSR count). The van der Waals surface area contributed by atoms with E-state index in [1.807, 2.05) is 4.90 Å². The van der Waals surface area contributed by atoms with Crippen molar-refractivity contribution in [1.82, 2.24) is 15.5 Å². The first-order valence-electron chi connectivity index (χ1n) is 3.63. The standard InChI is InChI=1S/C6H9N3OS/c10-5-7-3-9(4-1-2-4)6(11)8-5/h4H,1-3H2,(H2,7,8,10,11). The van der Waals surface area contributed by atoms with E-state index in [0.29, 0.717) is 17.8 Å². The van der Waals surface area contributed by atoms with Crippen LogP contribution in [0.1, 0.15) is 12.8 Å². The van der Waals surface area contributed by atoms with Gasteiger partial charge in [0.1, 0.15) is 0 Å². The molecule has 0 aromatic rings. The van der Waals surface area contributed by atoms with Crippen LogP contribution in [-0.4, -0.2) is 28.8 Å². The smallest absolute Gasteiger partial charge is 0.322 e. The Balaban J connectivity index is 2.00. The maximum absolute atomic E-state index is 10.7. The van der Waals surface area contributed by atoms with Crippen LogP contribution in [0.25, 0.3) is 0 Å². The van der Waals surface area contributed by atoms with Crippen molar-refractivity contribution in [2.75, 3.05) is 6.67 Å². The summed E-state index contributed by atoms with van der Waals surface area (Å²) in [6.45, 7) is 0.565. The van der Waals surface area contributed by atoms with Crippen LogP contribution in [0.15, 0.2) is 0 Å². The van der Waals surface area contributed by atoms with E-state index in [2.05, 4.69) is 10.6 Å². The van der Waals surface area contributed by atoms with Gasteiger partial charge in [-0.15, -0.1) is 0 Å². The van der Waals surface area contributed by atoms with Crippen LogP contribution in [0.3, 0.4) is 0 Å². The van der Waals surface area contributed by atoms with Crippen LogP contribution < -0.4 is 10.6 Å². The second-order valence-electron chi connectivity index (χ2n) is 2.80. The number of hydrogen-bond acceptors (Lipinski definition) is 2. The molecule has 11 heavy (non-hydrogen) atoms. The molecule has 4 nitrogen and oxygen atoms in total. The maximum atomic E-state index is 10.7. The first kappa shape index (κ1) is 6.84. The first-order valence-corrected chi connectivity index (χ1v) is 4.03. The van der Waals surface area contributed by atoms with Gasteiger partial charge in [0.15, 0.2) is 5.11 Å². The molecule has 1 saturated heterocycles. The molecule has 60 valence electrons. The number of carbonyl (C=O) groups is 1. The molecule has 1 aliphatic heterocycles. The fourth-order valence-electron chi connectivity index (χ4n) is 1.12.